The van der Waals surface area contributed by atoms with Crippen molar-refractivity contribution < 1.29 is 8.42 Å². The maximum Gasteiger partial charge on any atom is 0.250 e. The average molecular weight is 371 g/mol. The fraction of sp³-hybridized carbons (Fsp3) is 0.500. The molecule has 0 atom stereocenters. The van der Waals surface area contributed by atoms with Gasteiger partial charge in [0.25, 0.3) is 10.0 Å². The topological polar surface area (TPSA) is 72.2 Å². The van der Waals surface area contributed by atoms with Gasteiger partial charge in [0.05, 0.1) is 14.3 Å². The minimum absolute atomic E-state index is 0.173. The summed E-state index contributed by atoms with van der Waals surface area (Å²) in [5.74, 6) is 0. The zero-order valence-corrected chi connectivity index (χ0v) is 14.1. The number of rotatable bonds is 6. The number of hydrogen-bond donors (Lipinski definition) is 2. The SMILES string of the molecule is CCC(CC)(NS(=O)(=O)c1ccc(Br)s1)C(N)=S. The molecule has 0 saturated heterocycles. The lowest BCUT2D eigenvalue weighted by molar-refractivity contribution is 0.466. The molecule has 0 spiro atoms. The molecular formula is C10H15BrN2O2S3. The Hall–Kier alpha value is -0.0200. The fourth-order valence-electron chi connectivity index (χ4n) is 1.54. The Labute approximate surface area is 125 Å². The number of nitrogens with two attached hydrogens (primary N) is 1. The first-order valence-corrected chi connectivity index (χ1v) is 8.86. The van der Waals surface area contributed by atoms with E-state index in [1.54, 1.807) is 12.1 Å². The van der Waals surface area contributed by atoms with Gasteiger partial charge in [-0.3, -0.25) is 0 Å². The maximum absolute atomic E-state index is 12.2. The molecule has 1 heterocycles. The molecule has 18 heavy (non-hydrogen) atoms. The van der Waals surface area contributed by atoms with E-state index < -0.39 is 15.6 Å². The van der Waals surface area contributed by atoms with Gasteiger partial charge >= 0.3 is 0 Å². The summed E-state index contributed by atoms with van der Waals surface area (Å²) in [6.45, 7) is 3.71. The zero-order chi connectivity index (χ0) is 14.0. The monoisotopic (exact) mass is 370 g/mol. The average Bonchev–Trinajstić information content (AvgIpc) is 2.73. The highest BCUT2D eigenvalue weighted by Gasteiger charge is 2.35. The van der Waals surface area contributed by atoms with Crippen molar-refractivity contribution in [3.8, 4) is 0 Å². The van der Waals surface area contributed by atoms with Crippen molar-refractivity contribution in [2.75, 3.05) is 0 Å². The van der Waals surface area contributed by atoms with Crippen LogP contribution in [0, 0.1) is 0 Å². The van der Waals surface area contributed by atoms with Gasteiger partial charge in [0, 0.05) is 0 Å². The summed E-state index contributed by atoms with van der Waals surface area (Å²) < 4.78 is 28.1. The van der Waals surface area contributed by atoms with E-state index >= 15 is 0 Å². The van der Waals surface area contributed by atoms with E-state index in [0.717, 1.165) is 15.1 Å². The van der Waals surface area contributed by atoms with Crippen LogP contribution in [0.4, 0.5) is 0 Å². The molecular weight excluding hydrogens is 356 g/mol. The van der Waals surface area contributed by atoms with Gasteiger partial charge in [0.2, 0.25) is 0 Å². The molecule has 1 aromatic heterocycles. The van der Waals surface area contributed by atoms with Crippen LogP contribution in [0.1, 0.15) is 26.7 Å². The summed E-state index contributed by atoms with van der Waals surface area (Å²) in [4.78, 5) is 0.173. The van der Waals surface area contributed by atoms with Crippen molar-refractivity contribution >= 4 is 54.5 Å². The smallest absolute Gasteiger partial charge is 0.250 e. The van der Waals surface area contributed by atoms with Crippen molar-refractivity contribution in [3.05, 3.63) is 15.9 Å². The number of hydrogen-bond acceptors (Lipinski definition) is 4. The van der Waals surface area contributed by atoms with Crippen LogP contribution in [-0.2, 0) is 10.0 Å². The Morgan fingerprint density at radius 2 is 2.06 bits per heavy atom. The predicted octanol–water partition coefficient (Wildman–Crippen LogP) is 2.63. The van der Waals surface area contributed by atoms with Gasteiger partial charge in [-0.15, -0.1) is 11.3 Å². The summed E-state index contributed by atoms with van der Waals surface area (Å²) in [6, 6.07) is 3.24. The van der Waals surface area contributed by atoms with E-state index in [0.29, 0.717) is 12.8 Å². The van der Waals surface area contributed by atoms with E-state index in [4.69, 9.17) is 18.0 Å². The summed E-state index contributed by atoms with van der Waals surface area (Å²) in [5.41, 5.74) is 4.83. The molecule has 1 aromatic rings. The Morgan fingerprint density at radius 1 is 1.50 bits per heavy atom. The van der Waals surface area contributed by atoms with Gasteiger partial charge < -0.3 is 5.73 Å². The van der Waals surface area contributed by atoms with Gasteiger partial charge in [-0.1, -0.05) is 26.1 Å². The van der Waals surface area contributed by atoms with Crippen LogP contribution in [0.5, 0.6) is 0 Å². The molecule has 3 N–H and O–H groups in total. The first-order chi connectivity index (χ1) is 8.27. The molecule has 0 aromatic carbocycles. The number of nitrogens with one attached hydrogen (secondary N) is 1. The molecule has 0 aliphatic carbocycles. The molecule has 0 bridgehead atoms. The fourth-order valence-corrected chi connectivity index (χ4v) is 5.48. The molecule has 102 valence electrons. The highest BCUT2D eigenvalue weighted by Crippen LogP contribution is 2.28. The Bertz CT molecular complexity index is 535. The van der Waals surface area contributed by atoms with E-state index in [1.165, 1.54) is 0 Å². The highest BCUT2D eigenvalue weighted by molar-refractivity contribution is 9.11. The molecule has 0 saturated carbocycles. The van der Waals surface area contributed by atoms with Crippen LogP contribution >= 0.6 is 39.5 Å². The number of sulfonamides is 1. The van der Waals surface area contributed by atoms with E-state index in [2.05, 4.69) is 20.7 Å². The van der Waals surface area contributed by atoms with Crippen LogP contribution in [0.3, 0.4) is 0 Å². The lowest BCUT2D eigenvalue weighted by Gasteiger charge is -2.30. The zero-order valence-electron chi connectivity index (χ0n) is 10.1. The normalized spacial score (nSPS) is 12.6. The third-order valence-corrected chi connectivity index (χ3v) is 6.86. The van der Waals surface area contributed by atoms with Gasteiger partial charge in [-0.2, -0.15) is 4.72 Å². The van der Waals surface area contributed by atoms with Gasteiger partial charge in [0.15, 0.2) is 0 Å². The molecule has 0 unspecified atom stereocenters. The Balaban J connectivity index is 3.11. The summed E-state index contributed by atoms with van der Waals surface area (Å²) in [5, 5.41) is 0. The number of thiophene rings is 1. The van der Waals surface area contributed by atoms with Crippen molar-refractivity contribution in [2.45, 2.75) is 36.4 Å². The van der Waals surface area contributed by atoms with Crippen LogP contribution in [0.2, 0.25) is 0 Å². The van der Waals surface area contributed by atoms with Crippen molar-refractivity contribution in [2.24, 2.45) is 5.73 Å². The van der Waals surface area contributed by atoms with Crippen LogP contribution in [0.15, 0.2) is 20.1 Å². The van der Waals surface area contributed by atoms with Crippen LogP contribution in [-0.4, -0.2) is 18.9 Å². The second-order valence-electron chi connectivity index (χ2n) is 3.82. The summed E-state index contributed by atoms with van der Waals surface area (Å²) >= 11 is 9.39. The van der Waals surface area contributed by atoms with Gasteiger partial charge in [-0.25, -0.2) is 8.42 Å². The minimum atomic E-state index is -3.60. The predicted molar refractivity (Wildman–Crippen MR) is 82.4 cm³/mol. The van der Waals surface area contributed by atoms with E-state index in [1.807, 2.05) is 13.8 Å². The minimum Gasteiger partial charge on any atom is -0.392 e. The third kappa shape index (κ3) is 3.30. The quantitative estimate of drug-likeness (QED) is 0.754. The van der Waals surface area contributed by atoms with Gasteiger partial charge in [-0.05, 0) is 40.9 Å². The summed E-state index contributed by atoms with van der Waals surface area (Å²) in [6.07, 6.45) is 1.04. The first kappa shape index (κ1) is 16.0. The number of halogens is 1. The van der Waals surface area contributed by atoms with Crippen molar-refractivity contribution in [1.29, 1.82) is 0 Å². The molecule has 8 heteroatoms. The second-order valence-corrected chi connectivity index (χ2v) is 8.63. The molecule has 1 rings (SSSR count). The standard InChI is InChI=1S/C10H15BrN2O2S3/c1-3-10(4-2,9(12)16)13-18(14,15)8-6-5-7(11)17-8/h5-6,13H,3-4H2,1-2H3,(H2,12,16). The first-order valence-electron chi connectivity index (χ1n) is 5.36. The molecule has 4 nitrogen and oxygen atoms in total. The molecule has 0 aliphatic heterocycles. The summed E-state index contributed by atoms with van der Waals surface area (Å²) in [7, 11) is -3.60. The highest BCUT2D eigenvalue weighted by atomic mass is 79.9. The molecule has 0 aliphatic rings. The third-order valence-electron chi connectivity index (χ3n) is 2.82. The maximum atomic E-state index is 12.2. The lowest BCUT2D eigenvalue weighted by Crippen LogP contribution is -2.55. The number of thiocarbonyl (C=S) groups is 1. The van der Waals surface area contributed by atoms with Crippen LogP contribution in [0.25, 0.3) is 0 Å². The Kier molecular flexibility index (Phi) is 5.31. The molecule has 0 amide bonds. The van der Waals surface area contributed by atoms with Crippen molar-refractivity contribution in [1.82, 2.24) is 4.72 Å². The molecule has 0 radical (unpaired) electrons. The van der Waals surface area contributed by atoms with E-state index in [-0.39, 0.29) is 9.20 Å². The second kappa shape index (κ2) is 5.96. The van der Waals surface area contributed by atoms with E-state index in [9.17, 15) is 8.42 Å². The van der Waals surface area contributed by atoms with Crippen molar-refractivity contribution in [3.63, 3.8) is 0 Å². The Morgan fingerprint density at radius 3 is 2.39 bits per heavy atom. The molecule has 0 fully saturated rings. The van der Waals surface area contributed by atoms with Gasteiger partial charge in [0.1, 0.15) is 4.21 Å². The lowest BCUT2D eigenvalue weighted by atomic mass is 9.94. The largest absolute Gasteiger partial charge is 0.392 e. The van der Waals surface area contributed by atoms with Crippen LogP contribution < -0.4 is 10.5 Å².